The Kier molecular flexibility index (Phi) is 3.23. The molecule has 3 rings (SSSR count). The molecule has 92 valence electrons. The largest absolute Gasteiger partial charge is 0.256 e. The molecule has 0 saturated carbocycles. The molecule has 1 aromatic heterocycles. The number of hydrogen-bond acceptors (Lipinski definition) is 1. The number of nitrogens with zero attached hydrogens (tertiary/aromatic N) is 1. The predicted molar refractivity (Wildman–Crippen MR) is 79.8 cm³/mol. The minimum Gasteiger partial charge on any atom is -0.256 e. The fraction of sp³-hybridized carbons (Fsp3) is 0.267. The van der Waals surface area contributed by atoms with Gasteiger partial charge < -0.3 is 0 Å². The van der Waals surface area contributed by atoms with E-state index < -0.39 is 7.38 Å². The first-order chi connectivity index (χ1) is 8.78. The van der Waals surface area contributed by atoms with E-state index >= 15 is 0 Å². The molecule has 0 unspecified atom stereocenters. The molecule has 0 radical (unpaired) electrons. The summed E-state index contributed by atoms with van der Waals surface area (Å²) in [5, 5.41) is 1.17. The lowest BCUT2D eigenvalue weighted by molar-refractivity contribution is 0.935. The maximum atomic E-state index is 6.83. The Labute approximate surface area is 114 Å². The first kappa shape index (κ1) is 11.9. The van der Waals surface area contributed by atoms with E-state index in [9.17, 15) is 0 Å². The molecule has 2 heterocycles. The van der Waals surface area contributed by atoms with Crippen LogP contribution in [0.4, 0.5) is 0 Å². The Morgan fingerprint density at radius 3 is 2.33 bits per heavy atom. The first-order valence-corrected chi connectivity index (χ1v) is 9.92. The molecule has 1 saturated heterocycles. The van der Waals surface area contributed by atoms with Crippen LogP contribution in [0.2, 0.25) is 12.1 Å². The molecule has 0 amide bonds. The van der Waals surface area contributed by atoms with E-state index in [1.54, 1.807) is 0 Å². The lowest BCUT2D eigenvalue weighted by atomic mass is 10.1. The van der Waals surface area contributed by atoms with Crippen molar-refractivity contribution >= 4 is 23.8 Å². The van der Waals surface area contributed by atoms with Gasteiger partial charge in [0.1, 0.15) is 0 Å². The van der Waals surface area contributed by atoms with Gasteiger partial charge in [0.25, 0.3) is 0 Å². The first-order valence-electron chi connectivity index (χ1n) is 6.50. The Morgan fingerprint density at radius 2 is 1.61 bits per heavy atom. The zero-order chi connectivity index (χ0) is 12.4. The minimum atomic E-state index is -1.77. The summed E-state index contributed by atoms with van der Waals surface area (Å²) < 4.78 is 0. The third-order valence-electron chi connectivity index (χ3n) is 3.67. The van der Waals surface area contributed by atoms with Crippen LogP contribution in [0.3, 0.4) is 0 Å². The van der Waals surface area contributed by atoms with Gasteiger partial charge >= 0.3 is 0 Å². The number of aromatic nitrogens is 1. The number of rotatable bonds is 2. The molecule has 18 heavy (non-hydrogen) atoms. The van der Waals surface area contributed by atoms with Crippen LogP contribution in [0.15, 0.2) is 48.5 Å². The van der Waals surface area contributed by atoms with Gasteiger partial charge in [-0.3, -0.25) is 4.98 Å². The number of halogens is 1. The highest BCUT2D eigenvalue weighted by molar-refractivity contribution is 7.27. The molecule has 2 aromatic rings. The van der Waals surface area contributed by atoms with Gasteiger partial charge in [-0.1, -0.05) is 49.2 Å². The fourth-order valence-electron chi connectivity index (χ4n) is 2.65. The topological polar surface area (TPSA) is 12.9 Å². The summed E-state index contributed by atoms with van der Waals surface area (Å²) in [4.78, 5) is 4.83. The van der Waals surface area contributed by atoms with Crippen LogP contribution < -0.4 is 5.32 Å². The summed E-state index contributed by atoms with van der Waals surface area (Å²) >= 11 is 6.83. The Bertz CT molecular complexity index is 535. The maximum Gasteiger partial charge on any atom is 0.208 e. The molecule has 0 atom stereocenters. The molecule has 0 bridgehead atoms. The van der Waals surface area contributed by atoms with E-state index in [0.29, 0.717) is 0 Å². The molecular weight excluding hydrogens is 258 g/mol. The summed E-state index contributed by atoms with van der Waals surface area (Å²) in [5.74, 6) is 0. The van der Waals surface area contributed by atoms with Crippen LogP contribution >= 0.6 is 11.1 Å². The second kappa shape index (κ2) is 4.86. The quantitative estimate of drug-likeness (QED) is 0.597. The van der Waals surface area contributed by atoms with E-state index in [4.69, 9.17) is 16.1 Å². The van der Waals surface area contributed by atoms with Crippen LogP contribution in [0.25, 0.3) is 11.3 Å². The Balaban J connectivity index is 1.99. The summed E-state index contributed by atoms with van der Waals surface area (Å²) in [5.41, 5.74) is 2.22. The third kappa shape index (κ3) is 2.23. The monoisotopic (exact) mass is 273 g/mol. The van der Waals surface area contributed by atoms with E-state index in [1.165, 1.54) is 35.8 Å². The van der Waals surface area contributed by atoms with Gasteiger partial charge in [-0.2, -0.15) is 11.1 Å². The van der Waals surface area contributed by atoms with Crippen molar-refractivity contribution < 1.29 is 0 Å². The SMILES string of the molecule is Cl[Si]1(c2cccc(-c3ccccc3)n2)CCCC1. The predicted octanol–water partition coefficient (Wildman–Crippen LogP) is 3.93. The zero-order valence-electron chi connectivity index (χ0n) is 10.3. The van der Waals surface area contributed by atoms with Crippen molar-refractivity contribution in [2.24, 2.45) is 0 Å². The normalized spacial score (nSPS) is 17.8. The maximum absolute atomic E-state index is 6.83. The van der Waals surface area contributed by atoms with Crippen LogP contribution in [0.1, 0.15) is 12.8 Å². The second-order valence-electron chi connectivity index (χ2n) is 4.95. The van der Waals surface area contributed by atoms with Crippen LogP contribution in [0.5, 0.6) is 0 Å². The van der Waals surface area contributed by atoms with Gasteiger partial charge in [0.15, 0.2) is 0 Å². The van der Waals surface area contributed by atoms with Crippen molar-refractivity contribution in [2.75, 3.05) is 0 Å². The molecule has 1 aromatic carbocycles. The van der Waals surface area contributed by atoms with E-state index in [0.717, 1.165) is 5.69 Å². The molecule has 0 spiro atoms. The summed E-state index contributed by atoms with van der Waals surface area (Å²) in [6.45, 7) is 0. The lowest BCUT2D eigenvalue weighted by Gasteiger charge is -2.17. The van der Waals surface area contributed by atoms with Crippen molar-refractivity contribution in [3.05, 3.63) is 48.5 Å². The number of hydrogen-bond donors (Lipinski definition) is 0. The highest BCUT2D eigenvalue weighted by atomic mass is 35.6. The standard InChI is InChI=1S/C15H16ClNSi/c16-18(11-4-5-12-18)15-10-6-9-14(17-15)13-7-2-1-3-8-13/h1-3,6-10H,4-5,11-12H2. The Hall–Kier alpha value is -1.12. The smallest absolute Gasteiger partial charge is 0.208 e. The molecule has 1 nitrogen and oxygen atoms in total. The van der Waals surface area contributed by atoms with Gasteiger partial charge in [-0.05, 0) is 24.2 Å². The lowest BCUT2D eigenvalue weighted by Crippen LogP contribution is -2.41. The minimum absolute atomic E-state index is 1.05. The summed E-state index contributed by atoms with van der Waals surface area (Å²) in [6.07, 6.45) is 2.54. The van der Waals surface area contributed by atoms with E-state index in [2.05, 4.69) is 30.3 Å². The van der Waals surface area contributed by atoms with Gasteiger partial charge in [0.05, 0.1) is 5.69 Å². The van der Waals surface area contributed by atoms with Crippen molar-refractivity contribution in [2.45, 2.75) is 24.9 Å². The summed E-state index contributed by atoms with van der Waals surface area (Å²) in [7, 11) is -1.77. The second-order valence-corrected chi connectivity index (χ2v) is 10.6. The average molecular weight is 274 g/mol. The molecule has 1 aliphatic heterocycles. The van der Waals surface area contributed by atoms with E-state index in [-0.39, 0.29) is 0 Å². The van der Waals surface area contributed by atoms with Gasteiger partial charge in [0, 0.05) is 10.9 Å². The highest BCUT2D eigenvalue weighted by Crippen LogP contribution is 2.32. The van der Waals surface area contributed by atoms with Gasteiger partial charge in [-0.25, -0.2) is 0 Å². The fourth-order valence-corrected chi connectivity index (χ4v) is 6.86. The number of pyridine rings is 1. The van der Waals surface area contributed by atoms with Crippen LogP contribution in [0, 0.1) is 0 Å². The highest BCUT2D eigenvalue weighted by Gasteiger charge is 2.38. The molecule has 0 aliphatic carbocycles. The molecular formula is C15H16ClNSi. The van der Waals surface area contributed by atoms with Crippen molar-refractivity contribution in [3.63, 3.8) is 0 Å². The third-order valence-corrected chi connectivity index (χ3v) is 8.88. The van der Waals surface area contributed by atoms with Gasteiger partial charge in [0.2, 0.25) is 7.38 Å². The van der Waals surface area contributed by atoms with Crippen molar-refractivity contribution in [1.82, 2.24) is 4.98 Å². The van der Waals surface area contributed by atoms with Crippen LogP contribution in [-0.2, 0) is 0 Å². The zero-order valence-corrected chi connectivity index (χ0v) is 12.0. The molecule has 1 aliphatic rings. The molecule has 1 fully saturated rings. The molecule has 0 N–H and O–H groups in total. The summed E-state index contributed by atoms with van der Waals surface area (Å²) in [6, 6.07) is 19.0. The average Bonchev–Trinajstić information content (AvgIpc) is 2.88. The van der Waals surface area contributed by atoms with E-state index in [1.807, 2.05) is 18.2 Å². The Morgan fingerprint density at radius 1 is 0.889 bits per heavy atom. The molecule has 3 heteroatoms. The van der Waals surface area contributed by atoms with Crippen LogP contribution in [-0.4, -0.2) is 12.4 Å². The van der Waals surface area contributed by atoms with Crippen molar-refractivity contribution in [3.8, 4) is 11.3 Å². The van der Waals surface area contributed by atoms with Gasteiger partial charge in [-0.15, -0.1) is 0 Å². The number of benzene rings is 1. The van der Waals surface area contributed by atoms with Crippen molar-refractivity contribution in [1.29, 1.82) is 0 Å².